The van der Waals surface area contributed by atoms with Crippen LogP contribution in [0.1, 0.15) is 30.7 Å². The lowest BCUT2D eigenvalue weighted by atomic mass is 9.92. The van der Waals surface area contributed by atoms with Gasteiger partial charge in [-0.3, -0.25) is 19.4 Å². The van der Waals surface area contributed by atoms with Gasteiger partial charge in [-0.15, -0.1) is 0 Å². The fourth-order valence-corrected chi connectivity index (χ4v) is 3.65. The van der Waals surface area contributed by atoms with E-state index in [4.69, 9.17) is 11.6 Å². The molecule has 0 bridgehead atoms. The molecule has 0 saturated carbocycles. The summed E-state index contributed by atoms with van der Waals surface area (Å²) in [7, 11) is 0. The van der Waals surface area contributed by atoms with Gasteiger partial charge >= 0.3 is 0 Å². The molecule has 1 unspecified atom stereocenters. The van der Waals surface area contributed by atoms with Gasteiger partial charge in [-0.05, 0) is 31.0 Å². The monoisotopic (exact) mass is 387 g/mol. The number of hydrogen-bond donors (Lipinski definition) is 3. The number of carbonyl (C=O) groups is 2. The van der Waals surface area contributed by atoms with Gasteiger partial charge in [0, 0.05) is 30.2 Å². The molecule has 4 rings (SSSR count). The lowest BCUT2D eigenvalue weighted by Crippen LogP contribution is -2.37. The summed E-state index contributed by atoms with van der Waals surface area (Å²) in [5, 5.41) is 5.82. The minimum atomic E-state index is -0.920. The van der Waals surface area contributed by atoms with Crippen molar-refractivity contribution in [3.63, 3.8) is 0 Å². The molecule has 1 atom stereocenters. The summed E-state index contributed by atoms with van der Waals surface area (Å²) >= 11 is 5.94. The number of aromatic nitrogens is 2. The van der Waals surface area contributed by atoms with Gasteiger partial charge in [0.1, 0.15) is 5.82 Å². The second-order valence-corrected chi connectivity index (χ2v) is 7.09. The molecule has 9 heteroatoms. The normalized spacial score (nSPS) is 18.8. The maximum atomic E-state index is 12.8. The van der Waals surface area contributed by atoms with Crippen LogP contribution in [0.25, 0.3) is 0 Å². The highest BCUT2D eigenvalue weighted by Gasteiger charge is 2.35. The maximum Gasteiger partial charge on any atom is 0.258 e. The number of hydrogen-bond acceptors (Lipinski definition) is 5. The van der Waals surface area contributed by atoms with Crippen molar-refractivity contribution in [2.75, 3.05) is 28.6 Å². The Hall–Kier alpha value is -2.87. The fourth-order valence-electron chi connectivity index (χ4n) is 3.46. The third kappa shape index (κ3) is 3.52. The molecular weight excluding hydrogens is 370 g/mol. The van der Waals surface area contributed by atoms with Crippen molar-refractivity contribution < 1.29 is 9.59 Å². The van der Waals surface area contributed by atoms with Crippen molar-refractivity contribution in [3.05, 3.63) is 45.2 Å². The highest BCUT2D eigenvalue weighted by molar-refractivity contribution is 6.30. The summed E-state index contributed by atoms with van der Waals surface area (Å²) < 4.78 is 0. The number of benzene rings is 1. The zero-order valence-electron chi connectivity index (χ0n) is 14.4. The highest BCUT2D eigenvalue weighted by Crippen LogP contribution is 2.30. The van der Waals surface area contributed by atoms with E-state index in [0.29, 0.717) is 16.7 Å². The Morgan fingerprint density at radius 3 is 2.78 bits per heavy atom. The Kier molecular flexibility index (Phi) is 4.57. The molecule has 0 spiro atoms. The first kappa shape index (κ1) is 17.5. The van der Waals surface area contributed by atoms with Crippen LogP contribution in [0.4, 0.5) is 17.5 Å². The molecule has 1 saturated heterocycles. The molecule has 2 aliphatic rings. The Morgan fingerprint density at radius 2 is 2.04 bits per heavy atom. The second kappa shape index (κ2) is 7.03. The molecule has 0 aliphatic carbocycles. The first-order valence-corrected chi connectivity index (χ1v) is 9.14. The van der Waals surface area contributed by atoms with Crippen LogP contribution < -0.4 is 21.1 Å². The number of fused-ring (bicyclic) bond motifs is 1. The largest absolute Gasteiger partial charge is 0.342 e. The topological polar surface area (TPSA) is 107 Å². The van der Waals surface area contributed by atoms with E-state index in [1.165, 1.54) is 0 Å². The van der Waals surface area contributed by atoms with E-state index >= 15 is 0 Å². The SMILES string of the molecule is O=C1CC(C(=O)Nc2cccc(Cl)c2)c2c(nc(N3CCCC3)[nH]c2=O)N1. The van der Waals surface area contributed by atoms with Gasteiger partial charge in [-0.2, -0.15) is 4.98 Å². The Morgan fingerprint density at radius 1 is 1.26 bits per heavy atom. The third-order valence-electron chi connectivity index (χ3n) is 4.75. The molecule has 1 aromatic carbocycles. The molecule has 2 aliphatic heterocycles. The van der Waals surface area contributed by atoms with Gasteiger partial charge < -0.3 is 15.5 Å². The van der Waals surface area contributed by atoms with Crippen LogP contribution in [0, 0.1) is 0 Å². The molecule has 2 aromatic rings. The smallest absolute Gasteiger partial charge is 0.258 e. The van der Waals surface area contributed by atoms with Crippen LogP contribution in [-0.2, 0) is 9.59 Å². The first-order chi connectivity index (χ1) is 13.0. The predicted octanol–water partition coefficient (Wildman–Crippen LogP) is 2.09. The van der Waals surface area contributed by atoms with Crippen LogP contribution >= 0.6 is 11.6 Å². The van der Waals surface area contributed by atoms with Crippen LogP contribution in [0.2, 0.25) is 5.02 Å². The summed E-state index contributed by atoms with van der Waals surface area (Å²) in [5.74, 6) is -1.14. The summed E-state index contributed by atoms with van der Waals surface area (Å²) in [6.45, 7) is 1.60. The van der Waals surface area contributed by atoms with Gasteiger partial charge in [0.15, 0.2) is 0 Å². The summed E-state index contributed by atoms with van der Waals surface area (Å²) in [5.41, 5.74) is 0.267. The molecule has 27 heavy (non-hydrogen) atoms. The van der Waals surface area contributed by atoms with Crippen molar-refractivity contribution in [3.8, 4) is 0 Å². The number of anilines is 3. The number of nitrogens with one attached hydrogen (secondary N) is 3. The standard InChI is InChI=1S/C18H18ClN5O3/c19-10-4-3-5-11(8-10)20-16(26)12-9-13(25)21-15-14(12)17(27)23-18(22-15)24-6-1-2-7-24/h3-5,8,12H,1-2,6-7,9H2,(H,20,26)(H2,21,22,23,25,27). The minimum Gasteiger partial charge on any atom is -0.342 e. The second-order valence-electron chi connectivity index (χ2n) is 6.65. The van der Waals surface area contributed by atoms with Gasteiger partial charge in [-0.1, -0.05) is 17.7 Å². The van der Waals surface area contributed by atoms with E-state index in [1.807, 2.05) is 4.90 Å². The summed E-state index contributed by atoms with van der Waals surface area (Å²) in [6, 6.07) is 6.68. The molecule has 140 valence electrons. The lowest BCUT2D eigenvalue weighted by Gasteiger charge is -2.25. The first-order valence-electron chi connectivity index (χ1n) is 8.77. The molecule has 1 fully saturated rings. The predicted molar refractivity (Wildman–Crippen MR) is 102 cm³/mol. The van der Waals surface area contributed by atoms with E-state index < -0.39 is 17.4 Å². The Bertz CT molecular complexity index is 968. The highest BCUT2D eigenvalue weighted by atomic mass is 35.5. The summed E-state index contributed by atoms with van der Waals surface area (Å²) in [4.78, 5) is 46.7. The average molecular weight is 388 g/mol. The van der Waals surface area contributed by atoms with Crippen molar-refractivity contribution in [1.82, 2.24) is 9.97 Å². The lowest BCUT2D eigenvalue weighted by molar-refractivity contribution is -0.123. The average Bonchev–Trinajstić information content (AvgIpc) is 3.15. The minimum absolute atomic E-state index is 0.118. The van der Waals surface area contributed by atoms with Crippen molar-refractivity contribution >= 4 is 40.9 Å². The van der Waals surface area contributed by atoms with Crippen molar-refractivity contribution in [2.45, 2.75) is 25.2 Å². The Labute approximate surface area is 159 Å². The number of halogens is 1. The van der Waals surface area contributed by atoms with Crippen LogP contribution in [0.15, 0.2) is 29.1 Å². The van der Waals surface area contributed by atoms with E-state index in [0.717, 1.165) is 25.9 Å². The zero-order valence-corrected chi connectivity index (χ0v) is 15.2. The number of nitrogens with zero attached hydrogens (tertiary/aromatic N) is 2. The van der Waals surface area contributed by atoms with Crippen molar-refractivity contribution in [1.29, 1.82) is 0 Å². The Balaban J connectivity index is 1.66. The number of amides is 2. The van der Waals surface area contributed by atoms with Crippen LogP contribution in [0.5, 0.6) is 0 Å². The summed E-state index contributed by atoms with van der Waals surface area (Å²) in [6.07, 6.45) is 1.93. The van der Waals surface area contributed by atoms with E-state index in [9.17, 15) is 14.4 Å². The molecule has 2 amide bonds. The zero-order chi connectivity index (χ0) is 19.0. The molecule has 8 nitrogen and oxygen atoms in total. The van der Waals surface area contributed by atoms with Crippen LogP contribution in [-0.4, -0.2) is 34.9 Å². The maximum absolute atomic E-state index is 12.8. The number of aromatic amines is 1. The molecule has 1 aromatic heterocycles. The number of carbonyl (C=O) groups excluding carboxylic acids is 2. The number of rotatable bonds is 3. The van der Waals surface area contributed by atoms with E-state index in [2.05, 4.69) is 20.6 Å². The molecule has 3 heterocycles. The van der Waals surface area contributed by atoms with Gasteiger partial charge in [0.2, 0.25) is 17.8 Å². The molecule has 0 radical (unpaired) electrons. The van der Waals surface area contributed by atoms with Crippen LogP contribution in [0.3, 0.4) is 0 Å². The van der Waals surface area contributed by atoms with Gasteiger partial charge in [0.25, 0.3) is 5.56 Å². The molecule has 3 N–H and O–H groups in total. The number of H-pyrrole nitrogens is 1. The quantitative estimate of drug-likeness (QED) is 0.747. The van der Waals surface area contributed by atoms with Crippen molar-refractivity contribution in [2.24, 2.45) is 0 Å². The van der Waals surface area contributed by atoms with Gasteiger partial charge in [0.05, 0.1) is 11.5 Å². The van der Waals surface area contributed by atoms with E-state index in [-0.39, 0.29) is 23.7 Å². The third-order valence-corrected chi connectivity index (χ3v) is 4.99. The molecular formula is C18H18ClN5O3. The van der Waals surface area contributed by atoms with E-state index in [1.54, 1.807) is 24.3 Å². The fraction of sp³-hybridized carbons (Fsp3) is 0.333. The van der Waals surface area contributed by atoms with Gasteiger partial charge in [-0.25, -0.2) is 0 Å².